The lowest BCUT2D eigenvalue weighted by Gasteiger charge is -2.07. The van der Waals surface area contributed by atoms with Gasteiger partial charge in [0.1, 0.15) is 5.75 Å². The van der Waals surface area contributed by atoms with Crippen LogP contribution in [0, 0.1) is 5.92 Å². The van der Waals surface area contributed by atoms with Crippen LogP contribution in [0.5, 0.6) is 0 Å². The molecule has 0 rings (SSSR count). The van der Waals surface area contributed by atoms with E-state index in [1.54, 1.807) is 0 Å². The fraction of sp³-hybridized carbons (Fsp3) is 0.875. The van der Waals surface area contributed by atoms with Crippen LogP contribution in [0.3, 0.4) is 0 Å². The maximum absolute atomic E-state index is 10.7. The Morgan fingerprint density at radius 2 is 2.15 bits per heavy atom. The second-order valence-electron chi connectivity index (χ2n) is 3.20. The predicted molar refractivity (Wildman–Crippen MR) is 48.8 cm³/mol. The fourth-order valence-corrected chi connectivity index (χ4v) is 1.09. The average Bonchev–Trinajstić information content (AvgIpc) is 1.96. The molecule has 0 aromatic heterocycles. The molecule has 0 bridgehead atoms. The van der Waals surface area contributed by atoms with Crippen LogP contribution in [-0.2, 0) is 20.6 Å². The Morgan fingerprint density at radius 1 is 1.54 bits per heavy atom. The highest BCUT2D eigenvalue weighted by Gasteiger charge is 2.02. The summed E-state index contributed by atoms with van der Waals surface area (Å²) in [4.78, 5) is 10.7. The molecule has 13 heavy (non-hydrogen) atoms. The summed E-state index contributed by atoms with van der Waals surface area (Å²) in [5, 5.41) is 0. The average molecular weight is 207 g/mol. The van der Waals surface area contributed by atoms with Crippen LogP contribution in [-0.4, -0.2) is 27.1 Å². The lowest BCUT2D eigenvalue weighted by Crippen LogP contribution is -2.14. The zero-order chi connectivity index (χ0) is 10.3. The summed E-state index contributed by atoms with van der Waals surface area (Å²) in [6, 6.07) is 0. The Bertz CT molecular complexity index is 179. The van der Waals surface area contributed by atoms with Gasteiger partial charge in [-0.2, -0.15) is 0 Å². The third-order valence-corrected chi connectivity index (χ3v) is 1.90. The van der Waals surface area contributed by atoms with Crippen LogP contribution in [0.4, 0.5) is 0 Å². The summed E-state index contributed by atoms with van der Waals surface area (Å²) in [6.07, 6.45) is 1.77. The van der Waals surface area contributed by atoms with Crippen molar-refractivity contribution >= 4 is 17.0 Å². The third-order valence-electron chi connectivity index (χ3n) is 1.42. The minimum Gasteiger partial charge on any atom is -0.772 e. The molecular weight excluding hydrogens is 192 g/mol. The standard InChI is InChI=1S/C8H16O4S/c1-7(2)4-3-5-12-8(9)6-13(10)11/h7H,3-6H2,1-2H3,(H,10,11)/p-1. The number of carbonyl (C=O) groups excluding carboxylic acids is 1. The summed E-state index contributed by atoms with van der Waals surface area (Å²) in [7, 11) is 0. The maximum atomic E-state index is 10.7. The normalized spacial score (nSPS) is 12.9. The van der Waals surface area contributed by atoms with Crippen molar-refractivity contribution in [2.45, 2.75) is 26.7 Å². The molecule has 0 fully saturated rings. The van der Waals surface area contributed by atoms with Crippen LogP contribution in [0.2, 0.25) is 0 Å². The molecule has 0 N–H and O–H groups in total. The molecule has 0 heterocycles. The highest BCUT2D eigenvalue weighted by molar-refractivity contribution is 7.79. The first-order valence-corrected chi connectivity index (χ1v) is 5.48. The van der Waals surface area contributed by atoms with Crippen LogP contribution in [0.25, 0.3) is 0 Å². The SMILES string of the molecule is CC(C)CCCOC(=O)CS(=O)[O-]. The van der Waals surface area contributed by atoms with Crippen LogP contribution in [0.15, 0.2) is 0 Å². The molecule has 0 aliphatic rings. The van der Waals surface area contributed by atoms with Gasteiger partial charge >= 0.3 is 5.97 Å². The molecular formula is C8H15O4S-. The topological polar surface area (TPSA) is 66.4 Å². The fourth-order valence-electron chi connectivity index (χ4n) is 0.815. The van der Waals surface area contributed by atoms with Gasteiger partial charge in [0.05, 0.1) is 6.61 Å². The van der Waals surface area contributed by atoms with Gasteiger partial charge in [0.25, 0.3) is 0 Å². The molecule has 0 spiro atoms. The quantitative estimate of drug-likeness (QED) is 0.368. The van der Waals surface area contributed by atoms with Crippen molar-refractivity contribution in [3.8, 4) is 0 Å². The van der Waals surface area contributed by atoms with E-state index < -0.39 is 22.8 Å². The van der Waals surface area contributed by atoms with Crippen molar-refractivity contribution in [1.29, 1.82) is 0 Å². The van der Waals surface area contributed by atoms with E-state index in [1.807, 2.05) is 0 Å². The molecule has 4 nitrogen and oxygen atoms in total. The van der Waals surface area contributed by atoms with E-state index in [0.29, 0.717) is 12.5 Å². The molecule has 0 aromatic carbocycles. The molecule has 1 unspecified atom stereocenters. The molecule has 0 aromatic rings. The van der Waals surface area contributed by atoms with E-state index in [0.717, 1.165) is 12.8 Å². The monoisotopic (exact) mass is 207 g/mol. The van der Waals surface area contributed by atoms with Gasteiger partial charge in [0.2, 0.25) is 0 Å². The highest BCUT2D eigenvalue weighted by atomic mass is 32.2. The summed E-state index contributed by atoms with van der Waals surface area (Å²) < 4.78 is 24.8. The second kappa shape index (κ2) is 7.03. The molecule has 1 atom stereocenters. The van der Waals surface area contributed by atoms with Gasteiger partial charge in [-0.25, -0.2) is 0 Å². The Hall–Kier alpha value is -0.420. The van der Waals surface area contributed by atoms with Gasteiger partial charge in [0.15, 0.2) is 0 Å². The summed E-state index contributed by atoms with van der Waals surface area (Å²) in [6.45, 7) is 4.47. The van der Waals surface area contributed by atoms with Crippen molar-refractivity contribution < 1.29 is 18.3 Å². The minimum atomic E-state index is -2.33. The highest BCUT2D eigenvalue weighted by Crippen LogP contribution is 2.03. The third kappa shape index (κ3) is 9.49. The molecule has 0 aliphatic heterocycles. The van der Waals surface area contributed by atoms with Gasteiger partial charge in [0, 0.05) is 0 Å². The predicted octanol–water partition coefficient (Wildman–Crippen LogP) is 0.845. The Morgan fingerprint density at radius 3 is 2.62 bits per heavy atom. The van der Waals surface area contributed by atoms with Gasteiger partial charge in [-0.05, 0) is 29.8 Å². The van der Waals surface area contributed by atoms with Crippen molar-refractivity contribution in [2.75, 3.05) is 12.4 Å². The Labute approximate surface area is 80.9 Å². The largest absolute Gasteiger partial charge is 0.772 e. The molecule has 0 radical (unpaired) electrons. The molecule has 78 valence electrons. The van der Waals surface area contributed by atoms with E-state index >= 15 is 0 Å². The van der Waals surface area contributed by atoms with Crippen LogP contribution < -0.4 is 0 Å². The summed E-state index contributed by atoms with van der Waals surface area (Å²) >= 11 is -2.33. The van der Waals surface area contributed by atoms with Gasteiger partial charge in [-0.15, -0.1) is 0 Å². The number of esters is 1. The minimum absolute atomic E-state index is 0.314. The van der Waals surface area contributed by atoms with Gasteiger partial charge in [-0.3, -0.25) is 9.00 Å². The van der Waals surface area contributed by atoms with Crippen molar-refractivity contribution in [3.05, 3.63) is 0 Å². The lowest BCUT2D eigenvalue weighted by atomic mass is 10.1. The molecule has 0 saturated carbocycles. The lowest BCUT2D eigenvalue weighted by molar-refractivity contribution is -0.140. The zero-order valence-electron chi connectivity index (χ0n) is 7.95. The van der Waals surface area contributed by atoms with Crippen molar-refractivity contribution in [3.63, 3.8) is 0 Å². The first-order chi connectivity index (χ1) is 6.02. The number of carbonyl (C=O) groups is 1. The molecule has 0 saturated heterocycles. The summed E-state index contributed by atoms with van der Waals surface area (Å²) in [5.41, 5.74) is 0. The maximum Gasteiger partial charge on any atom is 0.317 e. The van der Waals surface area contributed by atoms with E-state index in [9.17, 15) is 13.6 Å². The molecule has 0 amide bonds. The van der Waals surface area contributed by atoms with E-state index in [1.165, 1.54) is 0 Å². The van der Waals surface area contributed by atoms with Crippen LogP contribution in [0.1, 0.15) is 26.7 Å². The number of rotatable bonds is 6. The van der Waals surface area contributed by atoms with Gasteiger partial charge in [-0.1, -0.05) is 13.8 Å². The Kier molecular flexibility index (Phi) is 6.80. The number of hydrogen-bond donors (Lipinski definition) is 0. The second-order valence-corrected chi connectivity index (χ2v) is 4.10. The summed E-state index contributed by atoms with van der Waals surface area (Å²) in [5.74, 6) is -0.633. The zero-order valence-corrected chi connectivity index (χ0v) is 8.76. The Balaban J connectivity index is 3.32. The smallest absolute Gasteiger partial charge is 0.317 e. The van der Waals surface area contributed by atoms with Gasteiger partial charge < -0.3 is 9.29 Å². The van der Waals surface area contributed by atoms with E-state index in [4.69, 9.17) is 0 Å². The molecule has 0 aliphatic carbocycles. The first kappa shape index (κ1) is 12.6. The van der Waals surface area contributed by atoms with Crippen LogP contribution >= 0.6 is 0 Å². The first-order valence-electron chi connectivity index (χ1n) is 4.24. The van der Waals surface area contributed by atoms with E-state index in [2.05, 4.69) is 18.6 Å². The van der Waals surface area contributed by atoms with Crippen molar-refractivity contribution in [2.24, 2.45) is 5.92 Å². The number of ether oxygens (including phenoxy) is 1. The number of hydrogen-bond acceptors (Lipinski definition) is 4. The van der Waals surface area contributed by atoms with E-state index in [-0.39, 0.29) is 0 Å². The van der Waals surface area contributed by atoms with Crippen molar-refractivity contribution in [1.82, 2.24) is 0 Å². The molecule has 5 heteroatoms.